The van der Waals surface area contributed by atoms with E-state index in [9.17, 15) is 14.7 Å². The van der Waals surface area contributed by atoms with Crippen LogP contribution in [0.3, 0.4) is 0 Å². The summed E-state index contributed by atoms with van der Waals surface area (Å²) in [6.45, 7) is 7.34. The van der Waals surface area contributed by atoms with Crippen LogP contribution in [0.25, 0.3) is 0 Å². The molecule has 0 aromatic rings. The second kappa shape index (κ2) is 8.22. The van der Waals surface area contributed by atoms with Crippen LogP contribution in [0.5, 0.6) is 0 Å². The van der Waals surface area contributed by atoms with Gasteiger partial charge in [0, 0.05) is 0 Å². The van der Waals surface area contributed by atoms with E-state index < -0.39 is 23.7 Å². The third-order valence-corrected chi connectivity index (χ3v) is 3.55. The molecule has 0 radical (unpaired) electrons. The monoisotopic (exact) mass is 300 g/mol. The first-order chi connectivity index (χ1) is 9.78. The SMILES string of the molecule is CC(C)(C)OC(=O)NC(CCCC1CCNCC1)C(=O)O. The smallest absolute Gasteiger partial charge is 0.408 e. The number of piperidine rings is 1. The molecule has 1 heterocycles. The van der Waals surface area contributed by atoms with Crippen molar-refractivity contribution < 1.29 is 19.4 Å². The number of carboxylic acids is 1. The number of ether oxygens (including phenoxy) is 1. The topological polar surface area (TPSA) is 87.7 Å². The average molecular weight is 300 g/mol. The Kier molecular flexibility index (Phi) is 6.95. The van der Waals surface area contributed by atoms with Gasteiger partial charge in [-0.05, 0) is 59.0 Å². The van der Waals surface area contributed by atoms with E-state index in [-0.39, 0.29) is 0 Å². The summed E-state index contributed by atoms with van der Waals surface area (Å²) < 4.78 is 5.09. The molecule has 0 aromatic carbocycles. The molecule has 21 heavy (non-hydrogen) atoms. The number of rotatable bonds is 6. The molecule has 0 spiro atoms. The van der Waals surface area contributed by atoms with E-state index in [1.54, 1.807) is 20.8 Å². The van der Waals surface area contributed by atoms with E-state index in [0.717, 1.165) is 38.8 Å². The molecule has 1 fully saturated rings. The van der Waals surface area contributed by atoms with Gasteiger partial charge in [0.2, 0.25) is 0 Å². The maximum absolute atomic E-state index is 11.6. The van der Waals surface area contributed by atoms with Gasteiger partial charge in [-0.1, -0.05) is 12.8 Å². The summed E-state index contributed by atoms with van der Waals surface area (Å²) in [5, 5.41) is 14.9. The van der Waals surface area contributed by atoms with Crippen LogP contribution in [0.4, 0.5) is 4.79 Å². The molecular weight excluding hydrogens is 272 g/mol. The fourth-order valence-electron chi connectivity index (χ4n) is 2.49. The Morgan fingerprint density at radius 1 is 1.33 bits per heavy atom. The summed E-state index contributed by atoms with van der Waals surface area (Å²) in [4.78, 5) is 22.8. The van der Waals surface area contributed by atoms with E-state index in [2.05, 4.69) is 10.6 Å². The van der Waals surface area contributed by atoms with Gasteiger partial charge >= 0.3 is 12.1 Å². The van der Waals surface area contributed by atoms with Gasteiger partial charge in [0.25, 0.3) is 0 Å². The summed E-state index contributed by atoms with van der Waals surface area (Å²) >= 11 is 0. The number of hydrogen-bond acceptors (Lipinski definition) is 4. The summed E-state index contributed by atoms with van der Waals surface area (Å²) in [6, 6.07) is -0.874. The molecule has 1 saturated heterocycles. The summed E-state index contributed by atoms with van der Waals surface area (Å²) in [5.74, 6) is -0.339. The fourth-order valence-corrected chi connectivity index (χ4v) is 2.49. The Morgan fingerprint density at radius 3 is 2.48 bits per heavy atom. The lowest BCUT2D eigenvalue weighted by Crippen LogP contribution is -2.43. The molecule has 6 heteroatoms. The maximum atomic E-state index is 11.6. The van der Waals surface area contributed by atoms with Crippen LogP contribution in [0.15, 0.2) is 0 Å². The van der Waals surface area contributed by atoms with Crippen molar-refractivity contribution in [3.8, 4) is 0 Å². The van der Waals surface area contributed by atoms with Crippen molar-refractivity contribution in [3.05, 3.63) is 0 Å². The number of carbonyl (C=O) groups is 2. The molecule has 0 aromatic heterocycles. The molecule has 1 rings (SSSR count). The number of alkyl carbamates (subject to hydrolysis) is 1. The van der Waals surface area contributed by atoms with E-state index >= 15 is 0 Å². The van der Waals surface area contributed by atoms with Gasteiger partial charge in [0.1, 0.15) is 11.6 Å². The number of carbonyl (C=O) groups excluding carboxylic acids is 1. The second-order valence-corrected chi connectivity index (χ2v) is 6.66. The highest BCUT2D eigenvalue weighted by Gasteiger charge is 2.24. The van der Waals surface area contributed by atoms with Crippen LogP contribution in [0, 0.1) is 5.92 Å². The van der Waals surface area contributed by atoms with Gasteiger partial charge < -0.3 is 20.5 Å². The molecule has 0 bridgehead atoms. The van der Waals surface area contributed by atoms with Gasteiger partial charge in [-0.3, -0.25) is 0 Å². The molecule has 6 nitrogen and oxygen atoms in total. The van der Waals surface area contributed by atoms with Gasteiger partial charge in [0.15, 0.2) is 0 Å². The van der Waals surface area contributed by atoms with Crippen LogP contribution in [0.1, 0.15) is 52.9 Å². The third-order valence-electron chi connectivity index (χ3n) is 3.55. The minimum atomic E-state index is -1.01. The predicted molar refractivity (Wildman–Crippen MR) is 80.2 cm³/mol. The van der Waals surface area contributed by atoms with Gasteiger partial charge in [-0.2, -0.15) is 0 Å². The molecule has 1 amide bonds. The zero-order valence-electron chi connectivity index (χ0n) is 13.3. The lowest BCUT2D eigenvalue weighted by atomic mass is 9.91. The Labute approximate surface area is 126 Å². The Bertz CT molecular complexity index is 346. The van der Waals surface area contributed by atoms with E-state index in [0.29, 0.717) is 12.3 Å². The highest BCUT2D eigenvalue weighted by atomic mass is 16.6. The van der Waals surface area contributed by atoms with Gasteiger partial charge in [-0.15, -0.1) is 0 Å². The molecule has 1 aliphatic rings. The molecule has 0 aliphatic carbocycles. The third kappa shape index (κ3) is 7.90. The van der Waals surface area contributed by atoms with Crippen LogP contribution in [-0.4, -0.2) is 41.9 Å². The minimum absolute atomic E-state index is 0.443. The number of nitrogens with one attached hydrogen (secondary N) is 2. The van der Waals surface area contributed by atoms with E-state index in [1.807, 2.05) is 0 Å². The van der Waals surface area contributed by atoms with Crippen molar-refractivity contribution in [2.45, 2.75) is 64.5 Å². The molecule has 1 aliphatic heterocycles. The van der Waals surface area contributed by atoms with Gasteiger partial charge in [-0.25, -0.2) is 9.59 Å². The normalized spacial score (nSPS) is 18.0. The van der Waals surface area contributed by atoms with Crippen molar-refractivity contribution in [1.82, 2.24) is 10.6 Å². The van der Waals surface area contributed by atoms with Crippen molar-refractivity contribution >= 4 is 12.1 Å². The lowest BCUT2D eigenvalue weighted by Gasteiger charge is -2.24. The lowest BCUT2D eigenvalue weighted by molar-refractivity contribution is -0.139. The molecule has 122 valence electrons. The molecule has 1 atom stereocenters. The van der Waals surface area contributed by atoms with Crippen molar-refractivity contribution in [3.63, 3.8) is 0 Å². The van der Waals surface area contributed by atoms with Crippen molar-refractivity contribution in [1.29, 1.82) is 0 Å². The van der Waals surface area contributed by atoms with Gasteiger partial charge in [0.05, 0.1) is 0 Å². The highest BCUT2D eigenvalue weighted by molar-refractivity contribution is 5.79. The van der Waals surface area contributed by atoms with Crippen molar-refractivity contribution in [2.24, 2.45) is 5.92 Å². The summed E-state index contributed by atoms with van der Waals surface area (Å²) in [6.07, 6.45) is 3.89. The maximum Gasteiger partial charge on any atom is 0.408 e. The number of carboxylic acid groups (broad SMARTS) is 1. The van der Waals surface area contributed by atoms with Crippen LogP contribution < -0.4 is 10.6 Å². The van der Waals surface area contributed by atoms with E-state index in [4.69, 9.17) is 4.74 Å². The minimum Gasteiger partial charge on any atom is -0.480 e. The largest absolute Gasteiger partial charge is 0.480 e. The van der Waals surface area contributed by atoms with Crippen LogP contribution in [0.2, 0.25) is 0 Å². The quantitative estimate of drug-likeness (QED) is 0.699. The number of hydrogen-bond donors (Lipinski definition) is 3. The Morgan fingerprint density at radius 2 is 1.95 bits per heavy atom. The standard InChI is InChI=1S/C15H28N2O4/c1-15(2,3)21-14(20)17-12(13(18)19)6-4-5-11-7-9-16-10-8-11/h11-12,16H,4-10H2,1-3H3,(H,17,20)(H,18,19). The number of amides is 1. The zero-order chi connectivity index (χ0) is 15.9. The predicted octanol–water partition coefficient (Wildman–Crippen LogP) is 2.13. The average Bonchev–Trinajstić information content (AvgIpc) is 2.36. The van der Waals surface area contributed by atoms with Crippen LogP contribution >= 0.6 is 0 Å². The number of aliphatic carboxylic acids is 1. The summed E-state index contributed by atoms with van der Waals surface area (Å²) in [7, 11) is 0. The first-order valence-corrected chi connectivity index (χ1v) is 7.71. The second-order valence-electron chi connectivity index (χ2n) is 6.66. The molecular formula is C15H28N2O4. The summed E-state index contributed by atoms with van der Waals surface area (Å²) in [5.41, 5.74) is -0.623. The first-order valence-electron chi connectivity index (χ1n) is 7.71. The Hall–Kier alpha value is -1.30. The zero-order valence-corrected chi connectivity index (χ0v) is 13.3. The first kappa shape index (κ1) is 17.8. The van der Waals surface area contributed by atoms with Crippen molar-refractivity contribution in [2.75, 3.05) is 13.1 Å². The van der Waals surface area contributed by atoms with E-state index in [1.165, 1.54) is 0 Å². The molecule has 0 saturated carbocycles. The van der Waals surface area contributed by atoms with Crippen LogP contribution in [-0.2, 0) is 9.53 Å². The highest BCUT2D eigenvalue weighted by Crippen LogP contribution is 2.19. The molecule has 1 unspecified atom stereocenters. The molecule has 3 N–H and O–H groups in total. The Balaban J connectivity index is 2.32. The fraction of sp³-hybridized carbons (Fsp3) is 0.867.